The van der Waals surface area contributed by atoms with Crippen LogP contribution in [0.2, 0.25) is 0 Å². The van der Waals surface area contributed by atoms with Crippen LogP contribution in [0, 0.1) is 5.82 Å². The number of amides is 1. The van der Waals surface area contributed by atoms with E-state index in [0.717, 1.165) is 81.0 Å². The standard InChI is InChI=1S/C33H39FN2O4.C4H6O6/c34-29-11-7-27(8-12-29)24-36(30-15-18-35(19-16-30)20-17-33-38-21-4-22-39-33)32(37)23-26-9-13-31(14-10-26)40-25-28-5-2-1-3-6-28;5-1(3(7)8)2(6)4(9)10/h1-3,5-14,30,33H,4,15-25H2;1-2,5-6H,(H,7,8)(H,9,10). The van der Waals surface area contributed by atoms with Crippen LogP contribution in [-0.2, 0) is 43.4 Å². The van der Waals surface area contributed by atoms with Crippen molar-refractivity contribution in [3.8, 4) is 5.75 Å². The molecule has 0 saturated carbocycles. The number of hydrogen-bond donors (Lipinski definition) is 4. The predicted octanol–water partition coefficient (Wildman–Crippen LogP) is 3.47. The van der Waals surface area contributed by atoms with E-state index in [2.05, 4.69) is 4.90 Å². The number of carbonyl (C=O) groups is 3. The number of rotatable bonds is 14. The van der Waals surface area contributed by atoms with Crippen LogP contribution in [0.5, 0.6) is 5.75 Å². The monoisotopic (exact) mass is 696 g/mol. The maximum Gasteiger partial charge on any atom is 0.335 e. The van der Waals surface area contributed by atoms with E-state index in [1.165, 1.54) is 12.1 Å². The van der Waals surface area contributed by atoms with Crippen LogP contribution >= 0.6 is 0 Å². The van der Waals surface area contributed by atoms with Crippen molar-refractivity contribution in [2.45, 2.75) is 69.8 Å². The Morgan fingerprint density at radius 3 is 1.98 bits per heavy atom. The normalized spacial score (nSPS) is 16.8. The summed E-state index contributed by atoms with van der Waals surface area (Å²) in [5.74, 6) is -2.94. The molecule has 13 heteroatoms. The molecule has 0 aromatic heterocycles. The van der Waals surface area contributed by atoms with Gasteiger partial charge >= 0.3 is 11.9 Å². The first-order chi connectivity index (χ1) is 24.1. The third kappa shape index (κ3) is 12.5. The zero-order valence-corrected chi connectivity index (χ0v) is 27.8. The SMILES string of the molecule is O=C(Cc1ccc(OCc2ccccc2)cc1)N(Cc1ccc(F)cc1)C1CCN(CCC2OCCCO2)CC1.O=C(O)C(O)C(O)C(=O)O. The summed E-state index contributed by atoms with van der Waals surface area (Å²) in [5, 5.41) is 32.5. The molecule has 50 heavy (non-hydrogen) atoms. The largest absolute Gasteiger partial charge is 0.489 e. The summed E-state index contributed by atoms with van der Waals surface area (Å²) in [4.78, 5) is 37.6. The van der Waals surface area contributed by atoms with E-state index in [9.17, 15) is 18.8 Å². The molecule has 2 atom stereocenters. The number of piperidine rings is 1. The lowest BCUT2D eigenvalue weighted by Crippen LogP contribution is -2.48. The fourth-order valence-corrected chi connectivity index (χ4v) is 5.64. The van der Waals surface area contributed by atoms with Gasteiger partial charge in [-0.1, -0.05) is 54.6 Å². The minimum absolute atomic E-state index is 0.0877. The van der Waals surface area contributed by atoms with E-state index in [4.69, 9.17) is 34.6 Å². The second-order valence-electron chi connectivity index (χ2n) is 12.2. The highest BCUT2D eigenvalue weighted by Gasteiger charge is 2.30. The van der Waals surface area contributed by atoms with E-state index in [0.29, 0.717) is 19.6 Å². The summed E-state index contributed by atoms with van der Waals surface area (Å²) < 4.78 is 30.8. The fourth-order valence-electron chi connectivity index (χ4n) is 5.64. The van der Waals surface area contributed by atoms with Crippen molar-refractivity contribution in [3.05, 3.63) is 101 Å². The first kappa shape index (κ1) is 38.4. The van der Waals surface area contributed by atoms with E-state index < -0.39 is 24.1 Å². The molecule has 0 radical (unpaired) electrons. The number of aliphatic hydroxyl groups excluding tert-OH is 2. The third-order valence-corrected chi connectivity index (χ3v) is 8.49. The Morgan fingerprint density at radius 2 is 1.40 bits per heavy atom. The molecule has 2 aliphatic rings. The zero-order chi connectivity index (χ0) is 35.9. The van der Waals surface area contributed by atoms with Crippen LogP contribution < -0.4 is 4.74 Å². The second kappa shape index (κ2) is 19.7. The number of carboxylic acid groups (broad SMARTS) is 2. The first-order valence-corrected chi connectivity index (χ1v) is 16.7. The van der Waals surface area contributed by atoms with Gasteiger partial charge in [-0.2, -0.15) is 0 Å². The maximum atomic E-state index is 13.7. The number of likely N-dealkylation sites (tertiary alicyclic amines) is 1. The highest BCUT2D eigenvalue weighted by molar-refractivity contribution is 5.83. The summed E-state index contributed by atoms with van der Waals surface area (Å²) in [6.45, 7) is 5.32. The van der Waals surface area contributed by atoms with Gasteiger partial charge in [0.05, 0.1) is 19.6 Å². The Hall–Kier alpha value is -4.40. The van der Waals surface area contributed by atoms with Crippen LogP contribution in [0.1, 0.15) is 42.4 Å². The molecule has 5 rings (SSSR count). The molecule has 4 N–H and O–H groups in total. The molecule has 12 nitrogen and oxygen atoms in total. The summed E-state index contributed by atoms with van der Waals surface area (Å²) in [7, 11) is 0. The molecule has 0 bridgehead atoms. The maximum absolute atomic E-state index is 13.7. The third-order valence-electron chi connectivity index (χ3n) is 8.49. The molecule has 2 heterocycles. The minimum Gasteiger partial charge on any atom is -0.489 e. The average Bonchev–Trinajstić information content (AvgIpc) is 3.14. The van der Waals surface area contributed by atoms with Crippen LogP contribution in [0.15, 0.2) is 78.9 Å². The molecule has 0 spiro atoms. The van der Waals surface area contributed by atoms with E-state index in [-0.39, 0.29) is 24.1 Å². The lowest BCUT2D eigenvalue weighted by Gasteiger charge is -2.39. The minimum atomic E-state index is -2.27. The van der Waals surface area contributed by atoms with Crippen molar-refractivity contribution in [2.24, 2.45) is 0 Å². The number of nitrogens with zero attached hydrogens (tertiary/aromatic N) is 2. The predicted molar refractivity (Wildman–Crippen MR) is 180 cm³/mol. The van der Waals surface area contributed by atoms with E-state index >= 15 is 0 Å². The molecule has 270 valence electrons. The molecule has 3 aromatic carbocycles. The number of carbonyl (C=O) groups excluding carboxylic acids is 1. The molecule has 2 saturated heterocycles. The van der Waals surface area contributed by atoms with Gasteiger partial charge < -0.3 is 44.4 Å². The molecule has 0 aliphatic carbocycles. The molecular formula is C37H45FN2O10. The summed E-state index contributed by atoms with van der Waals surface area (Å²) >= 11 is 0. The Balaban J connectivity index is 0.000000490. The number of aliphatic carboxylic acids is 2. The van der Waals surface area contributed by atoms with Crippen LogP contribution in [0.3, 0.4) is 0 Å². The van der Waals surface area contributed by atoms with Gasteiger partial charge in [-0.25, -0.2) is 14.0 Å². The molecular weight excluding hydrogens is 651 g/mol. The van der Waals surface area contributed by atoms with Crippen molar-refractivity contribution >= 4 is 17.8 Å². The Labute approximate surface area is 290 Å². The summed E-state index contributed by atoms with van der Waals surface area (Å²) in [6.07, 6.45) is -0.665. The van der Waals surface area contributed by atoms with Crippen molar-refractivity contribution in [3.63, 3.8) is 0 Å². The quantitative estimate of drug-likeness (QED) is 0.195. The Morgan fingerprint density at radius 1 is 0.820 bits per heavy atom. The van der Waals surface area contributed by atoms with E-state index in [1.807, 2.05) is 59.5 Å². The number of hydrogen-bond acceptors (Lipinski definition) is 9. The zero-order valence-electron chi connectivity index (χ0n) is 27.8. The molecule has 1 amide bonds. The summed E-state index contributed by atoms with van der Waals surface area (Å²) in [5.41, 5.74) is 3.00. The van der Waals surface area contributed by atoms with Crippen molar-refractivity contribution < 1.29 is 53.4 Å². The van der Waals surface area contributed by atoms with Crippen LogP contribution in [-0.4, -0.2) is 105 Å². The number of halogens is 1. The topological polar surface area (TPSA) is 166 Å². The highest BCUT2D eigenvalue weighted by atomic mass is 19.1. The van der Waals surface area contributed by atoms with Gasteiger partial charge in [0, 0.05) is 38.6 Å². The smallest absolute Gasteiger partial charge is 0.335 e. The van der Waals surface area contributed by atoms with Crippen molar-refractivity contribution in [2.75, 3.05) is 32.8 Å². The summed E-state index contributed by atoms with van der Waals surface area (Å²) in [6, 6.07) is 24.4. The van der Waals surface area contributed by atoms with Crippen LogP contribution in [0.4, 0.5) is 4.39 Å². The average molecular weight is 697 g/mol. The van der Waals surface area contributed by atoms with Gasteiger partial charge in [-0.05, 0) is 60.2 Å². The Bertz CT molecular complexity index is 1460. The second-order valence-corrected chi connectivity index (χ2v) is 12.2. The lowest BCUT2D eigenvalue weighted by atomic mass is 10.0. The molecule has 3 aromatic rings. The number of aliphatic hydroxyl groups is 2. The van der Waals surface area contributed by atoms with Crippen molar-refractivity contribution in [1.82, 2.24) is 9.80 Å². The van der Waals surface area contributed by atoms with Gasteiger partial charge in [0.15, 0.2) is 18.5 Å². The molecule has 2 aliphatic heterocycles. The van der Waals surface area contributed by atoms with Crippen LogP contribution in [0.25, 0.3) is 0 Å². The van der Waals surface area contributed by atoms with Gasteiger partial charge in [0.1, 0.15) is 18.2 Å². The highest BCUT2D eigenvalue weighted by Crippen LogP contribution is 2.23. The number of benzene rings is 3. The molecule has 2 unspecified atom stereocenters. The number of carboxylic acids is 2. The Kier molecular flexibility index (Phi) is 15.1. The molecule has 2 fully saturated rings. The van der Waals surface area contributed by atoms with Gasteiger partial charge in [0.25, 0.3) is 0 Å². The fraction of sp³-hybridized carbons (Fsp3) is 0.432. The van der Waals surface area contributed by atoms with Gasteiger partial charge in [0.2, 0.25) is 5.91 Å². The van der Waals surface area contributed by atoms with E-state index in [1.54, 1.807) is 12.1 Å². The first-order valence-electron chi connectivity index (χ1n) is 16.7. The van der Waals surface area contributed by atoms with Gasteiger partial charge in [-0.15, -0.1) is 0 Å². The van der Waals surface area contributed by atoms with Gasteiger partial charge in [-0.3, -0.25) is 4.79 Å². The lowest BCUT2D eigenvalue weighted by molar-refractivity contribution is -0.183. The van der Waals surface area contributed by atoms with Crippen molar-refractivity contribution in [1.29, 1.82) is 0 Å². The number of ether oxygens (including phenoxy) is 3.